The van der Waals surface area contributed by atoms with Crippen molar-refractivity contribution in [2.24, 2.45) is 0 Å². The summed E-state index contributed by atoms with van der Waals surface area (Å²) in [6.07, 6.45) is 3.35. The molecule has 0 amide bonds. The highest BCUT2D eigenvalue weighted by Crippen LogP contribution is 2.29. The highest BCUT2D eigenvalue weighted by Gasteiger charge is 2.23. The second-order valence-electron chi connectivity index (χ2n) is 7.53. The number of methoxy groups -OCH3 is 1. The van der Waals surface area contributed by atoms with E-state index in [1.165, 1.54) is 0 Å². The molecule has 4 rings (SSSR count). The maximum absolute atomic E-state index is 5.84. The molecule has 0 N–H and O–H groups in total. The van der Waals surface area contributed by atoms with Crippen molar-refractivity contribution in [2.75, 3.05) is 40.1 Å². The van der Waals surface area contributed by atoms with Crippen LogP contribution in [0.1, 0.15) is 24.8 Å². The average Bonchev–Trinajstić information content (AvgIpc) is 3.65. The van der Waals surface area contributed by atoms with Crippen LogP contribution in [0, 0.1) is 0 Å². The van der Waals surface area contributed by atoms with E-state index in [1.54, 1.807) is 7.11 Å². The van der Waals surface area contributed by atoms with Gasteiger partial charge in [0, 0.05) is 6.61 Å². The van der Waals surface area contributed by atoms with E-state index in [9.17, 15) is 0 Å². The second kappa shape index (κ2) is 11.2. The minimum atomic E-state index is -0.110. The van der Waals surface area contributed by atoms with Gasteiger partial charge in [-0.2, -0.15) is 0 Å². The Morgan fingerprint density at radius 3 is 2.35 bits per heavy atom. The molecule has 2 heterocycles. The van der Waals surface area contributed by atoms with E-state index in [1.807, 2.05) is 42.5 Å². The Bertz CT molecular complexity index is 798. The standard InChI is InChI=1S/C24H30O7/c1-25-23-14-18(15-31-24-4-2-3-11-28-24)5-10-22(23)27-13-12-26-19-6-8-20(9-7-19)29-16-21-17-30-21/h5-10,14,21,24H,2-4,11-13,15-17H2,1H3/t21-,24?/m1/s1. The van der Waals surface area contributed by atoms with Crippen molar-refractivity contribution in [1.82, 2.24) is 0 Å². The first kappa shape index (κ1) is 21.7. The normalized spacial score (nSPS) is 20.2. The molecule has 7 nitrogen and oxygen atoms in total. The van der Waals surface area contributed by atoms with Crippen LogP contribution < -0.4 is 18.9 Å². The molecule has 1 unspecified atom stereocenters. The predicted molar refractivity (Wildman–Crippen MR) is 114 cm³/mol. The largest absolute Gasteiger partial charge is 0.493 e. The lowest BCUT2D eigenvalue weighted by Crippen LogP contribution is -2.22. The zero-order valence-electron chi connectivity index (χ0n) is 17.9. The van der Waals surface area contributed by atoms with Crippen molar-refractivity contribution in [2.45, 2.75) is 38.3 Å². The van der Waals surface area contributed by atoms with Crippen LogP contribution >= 0.6 is 0 Å². The van der Waals surface area contributed by atoms with E-state index in [2.05, 4.69) is 0 Å². The lowest BCUT2D eigenvalue weighted by Gasteiger charge is -2.22. The molecule has 0 radical (unpaired) electrons. The minimum Gasteiger partial charge on any atom is -0.493 e. The average molecular weight is 430 g/mol. The molecule has 0 bridgehead atoms. The Morgan fingerprint density at radius 2 is 1.65 bits per heavy atom. The van der Waals surface area contributed by atoms with Crippen LogP contribution in [0.3, 0.4) is 0 Å². The molecule has 168 valence electrons. The molecule has 0 aromatic heterocycles. The third-order valence-electron chi connectivity index (χ3n) is 5.07. The molecule has 0 aliphatic carbocycles. The van der Waals surface area contributed by atoms with Gasteiger partial charge >= 0.3 is 0 Å². The van der Waals surface area contributed by atoms with Crippen LogP contribution in [0.25, 0.3) is 0 Å². The van der Waals surface area contributed by atoms with E-state index in [0.717, 1.165) is 49.5 Å². The van der Waals surface area contributed by atoms with Crippen molar-refractivity contribution in [1.29, 1.82) is 0 Å². The van der Waals surface area contributed by atoms with Gasteiger partial charge in [0.05, 0.1) is 20.3 Å². The zero-order valence-corrected chi connectivity index (χ0v) is 17.9. The summed E-state index contributed by atoms with van der Waals surface area (Å²) < 4.78 is 39.3. The van der Waals surface area contributed by atoms with Gasteiger partial charge in [-0.3, -0.25) is 0 Å². The molecule has 2 fully saturated rings. The van der Waals surface area contributed by atoms with E-state index in [0.29, 0.717) is 37.9 Å². The first-order valence-corrected chi connectivity index (χ1v) is 10.8. The molecular weight excluding hydrogens is 400 g/mol. The second-order valence-corrected chi connectivity index (χ2v) is 7.53. The summed E-state index contributed by atoms with van der Waals surface area (Å²) in [5, 5.41) is 0. The van der Waals surface area contributed by atoms with Crippen molar-refractivity contribution in [3.8, 4) is 23.0 Å². The summed E-state index contributed by atoms with van der Waals surface area (Å²) in [6, 6.07) is 13.4. The summed E-state index contributed by atoms with van der Waals surface area (Å²) >= 11 is 0. The predicted octanol–water partition coefficient (Wildman–Crippen LogP) is 3.97. The van der Waals surface area contributed by atoms with Gasteiger partial charge in [0.15, 0.2) is 17.8 Å². The van der Waals surface area contributed by atoms with Gasteiger partial charge in [-0.05, 0) is 61.2 Å². The van der Waals surface area contributed by atoms with Gasteiger partial charge in [-0.1, -0.05) is 6.07 Å². The van der Waals surface area contributed by atoms with Crippen molar-refractivity contribution >= 4 is 0 Å². The third-order valence-corrected chi connectivity index (χ3v) is 5.07. The molecule has 2 saturated heterocycles. The van der Waals surface area contributed by atoms with Crippen LogP contribution in [0.4, 0.5) is 0 Å². The number of hydrogen-bond acceptors (Lipinski definition) is 7. The van der Waals surface area contributed by atoms with Gasteiger partial charge in [-0.15, -0.1) is 0 Å². The highest BCUT2D eigenvalue weighted by molar-refractivity contribution is 5.42. The Labute approximate surface area is 183 Å². The molecule has 7 heteroatoms. The van der Waals surface area contributed by atoms with Crippen LogP contribution in [0.2, 0.25) is 0 Å². The number of benzene rings is 2. The molecule has 2 aliphatic heterocycles. The topological polar surface area (TPSA) is 67.9 Å². The van der Waals surface area contributed by atoms with Gasteiger partial charge in [0.1, 0.15) is 37.4 Å². The molecule has 31 heavy (non-hydrogen) atoms. The van der Waals surface area contributed by atoms with Crippen LogP contribution in [0.5, 0.6) is 23.0 Å². The quantitative estimate of drug-likeness (QED) is 0.373. The number of ether oxygens (including phenoxy) is 7. The lowest BCUT2D eigenvalue weighted by atomic mass is 10.2. The summed E-state index contributed by atoms with van der Waals surface area (Å²) in [6.45, 7) is 3.46. The van der Waals surface area contributed by atoms with Gasteiger partial charge in [0.2, 0.25) is 0 Å². The van der Waals surface area contributed by atoms with Crippen molar-refractivity contribution in [3.05, 3.63) is 48.0 Å². The monoisotopic (exact) mass is 430 g/mol. The Morgan fingerprint density at radius 1 is 0.871 bits per heavy atom. The summed E-state index contributed by atoms with van der Waals surface area (Å²) in [5.74, 6) is 2.92. The molecular formula is C24H30O7. The first-order chi connectivity index (χ1) is 15.3. The molecule has 0 spiro atoms. The summed E-state index contributed by atoms with van der Waals surface area (Å²) in [7, 11) is 1.63. The minimum absolute atomic E-state index is 0.110. The fraction of sp³-hybridized carbons (Fsp3) is 0.500. The fourth-order valence-electron chi connectivity index (χ4n) is 3.25. The maximum atomic E-state index is 5.84. The number of rotatable bonds is 12. The summed E-state index contributed by atoms with van der Waals surface area (Å²) in [5.41, 5.74) is 1.02. The highest BCUT2D eigenvalue weighted by atomic mass is 16.7. The van der Waals surface area contributed by atoms with E-state index in [-0.39, 0.29) is 12.4 Å². The molecule has 2 aromatic rings. The van der Waals surface area contributed by atoms with Crippen molar-refractivity contribution in [3.63, 3.8) is 0 Å². The third kappa shape index (κ3) is 7.02. The molecule has 0 saturated carbocycles. The van der Waals surface area contributed by atoms with Crippen molar-refractivity contribution < 1.29 is 33.2 Å². The first-order valence-electron chi connectivity index (χ1n) is 10.8. The van der Waals surface area contributed by atoms with E-state index >= 15 is 0 Å². The van der Waals surface area contributed by atoms with Crippen LogP contribution in [-0.2, 0) is 20.8 Å². The number of hydrogen-bond donors (Lipinski definition) is 0. The SMILES string of the molecule is COc1cc(COC2CCCCO2)ccc1OCCOc1ccc(OC[C@@H]2CO2)cc1. The van der Waals surface area contributed by atoms with Gasteiger partial charge < -0.3 is 33.2 Å². The number of epoxide rings is 1. The van der Waals surface area contributed by atoms with Gasteiger partial charge in [0.25, 0.3) is 0 Å². The van der Waals surface area contributed by atoms with Gasteiger partial charge in [-0.25, -0.2) is 0 Å². The molecule has 2 aromatic carbocycles. The molecule has 2 aliphatic rings. The van der Waals surface area contributed by atoms with Crippen LogP contribution in [0.15, 0.2) is 42.5 Å². The van der Waals surface area contributed by atoms with E-state index in [4.69, 9.17) is 33.2 Å². The lowest BCUT2D eigenvalue weighted by molar-refractivity contribution is -0.168. The fourth-order valence-corrected chi connectivity index (χ4v) is 3.25. The zero-order chi connectivity index (χ0) is 21.3. The maximum Gasteiger partial charge on any atom is 0.161 e. The van der Waals surface area contributed by atoms with E-state index < -0.39 is 0 Å². The smallest absolute Gasteiger partial charge is 0.161 e. The van der Waals surface area contributed by atoms with Crippen LogP contribution in [-0.4, -0.2) is 52.5 Å². The Hall–Kier alpha value is -2.48. The molecule has 2 atom stereocenters. The Balaban J connectivity index is 1.18. The summed E-state index contributed by atoms with van der Waals surface area (Å²) in [4.78, 5) is 0. The Kier molecular flexibility index (Phi) is 7.87.